The largest absolute Gasteiger partial charge is 0.480 e. The molecule has 0 aliphatic carbocycles. The molecule has 1 aliphatic rings. The van der Waals surface area contributed by atoms with Gasteiger partial charge in [0, 0.05) is 33.1 Å². The number of hydrogen-bond donors (Lipinski definition) is 2. The van der Waals surface area contributed by atoms with Gasteiger partial charge >= 0.3 is 5.97 Å². The Morgan fingerprint density at radius 2 is 2.35 bits per heavy atom. The summed E-state index contributed by atoms with van der Waals surface area (Å²) in [4.78, 5) is 36.8. The second-order valence-electron chi connectivity index (χ2n) is 5.44. The van der Waals surface area contributed by atoms with Gasteiger partial charge < -0.3 is 24.5 Å². The van der Waals surface area contributed by atoms with E-state index in [-0.39, 0.29) is 31.9 Å². The molecule has 2 atom stereocenters. The first kappa shape index (κ1) is 17.0. The van der Waals surface area contributed by atoms with Crippen molar-refractivity contribution in [3.8, 4) is 0 Å². The van der Waals surface area contributed by atoms with Crippen LogP contribution in [0.3, 0.4) is 0 Å². The van der Waals surface area contributed by atoms with Crippen molar-refractivity contribution in [2.24, 2.45) is 5.92 Å². The molecular formula is C15H20N2O6. The highest BCUT2D eigenvalue weighted by Crippen LogP contribution is 2.20. The lowest BCUT2D eigenvalue weighted by molar-refractivity contribution is -0.142. The molecule has 2 rings (SSSR count). The second-order valence-corrected chi connectivity index (χ2v) is 5.44. The fraction of sp³-hybridized carbons (Fsp3) is 0.533. The van der Waals surface area contributed by atoms with E-state index in [0.29, 0.717) is 12.3 Å². The molecule has 0 aromatic carbocycles. The lowest BCUT2D eigenvalue weighted by Crippen LogP contribution is -2.44. The Bertz CT molecular complexity index is 556. The molecule has 126 valence electrons. The number of nitrogens with zero attached hydrogens (tertiary/aromatic N) is 1. The lowest BCUT2D eigenvalue weighted by atomic mass is 10.1. The van der Waals surface area contributed by atoms with E-state index in [1.807, 2.05) is 0 Å². The number of ether oxygens (including phenoxy) is 1. The van der Waals surface area contributed by atoms with E-state index in [9.17, 15) is 14.4 Å². The van der Waals surface area contributed by atoms with Crippen molar-refractivity contribution in [1.29, 1.82) is 0 Å². The summed E-state index contributed by atoms with van der Waals surface area (Å²) < 4.78 is 10.0. The van der Waals surface area contributed by atoms with E-state index < -0.39 is 23.8 Å². The van der Waals surface area contributed by atoms with Gasteiger partial charge in [0.25, 0.3) is 0 Å². The number of methoxy groups -OCH3 is 1. The third kappa shape index (κ3) is 4.56. The maximum atomic E-state index is 12.2. The van der Waals surface area contributed by atoms with Gasteiger partial charge in [-0.1, -0.05) is 0 Å². The summed E-state index contributed by atoms with van der Waals surface area (Å²) in [6, 6.07) is 2.47. The van der Waals surface area contributed by atoms with Crippen LogP contribution >= 0.6 is 0 Å². The highest BCUT2D eigenvalue weighted by atomic mass is 16.5. The van der Waals surface area contributed by atoms with Crippen molar-refractivity contribution in [1.82, 2.24) is 10.2 Å². The number of likely N-dealkylation sites (tertiary alicyclic amines) is 1. The number of carbonyl (C=O) groups excluding carboxylic acids is 2. The van der Waals surface area contributed by atoms with Crippen LogP contribution < -0.4 is 5.32 Å². The number of carboxylic acid groups (broad SMARTS) is 1. The number of rotatable bonds is 8. The fourth-order valence-electron chi connectivity index (χ4n) is 2.47. The molecule has 0 spiro atoms. The van der Waals surface area contributed by atoms with E-state index in [1.54, 1.807) is 12.1 Å². The quantitative estimate of drug-likeness (QED) is 0.709. The molecule has 2 N–H and O–H groups in total. The topological polar surface area (TPSA) is 109 Å². The zero-order valence-electron chi connectivity index (χ0n) is 12.9. The molecule has 1 aromatic heterocycles. The van der Waals surface area contributed by atoms with Crippen LogP contribution in [-0.2, 0) is 25.7 Å². The minimum absolute atomic E-state index is 0.0726. The summed E-state index contributed by atoms with van der Waals surface area (Å²) >= 11 is 0. The highest BCUT2D eigenvalue weighted by Gasteiger charge is 2.36. The number of amides is 2. The van der Waals surface area contributed by atoms with E-state index in [2.05, 4.69) is 5.32 Å². The lowest BCUT2D eigenvalue weighted by Gasteiger charge is -2.18. The summed E-state index contributed by atoms with van der Waals surface area (Å²) in [6.07, 6.45) is 1.77. The van der Waals surface area contributed by atoms with E-state index >= 15 is 0 Å². The zero-order valence-corrected chi connectivity index (χ0v) is 12.9. The number of carbonyl (C=O) groups is 3. The van der Waals surface area contributed by atoms with Gasteiger partial charge in [0.1, 0.15) is 11.8 Å². The first-order chi connectivity index (χ1) is 11.0. The first-order valence-corrected chi connectivity index (χ1v) is 7.33. The van der Waals surface area contributed by atoms with Crippen LogP contribution in [0, 0.1) is 5.92 Å². The van der Waals surface area contributed by atoms with Crippen molar-refractivity contribution in [3.05, 3.63) is 24.2 Å². The molecule has 0 bridgehead atoms. The highest BCUT2D eigenvalue weighted by molar-refractivity contribution is 5.91. The van der Waals surface area contributed by atoms with Gasteiger partial charge in [-0.15, -0.1) is 0 Å². The van der Waals surface area contributed by atoms with Crippen LogP contribution in [0.15, 0.2) is 22.8 Å². The van der Waals surface area contributed by atoms with Gasteiger partial charge in [-0.05, 0) is 12.1 Å². The van der Waals surface area contributed by atoms with Crippen LogP contribution in [0.1, 0.15) is 18.6 Å². The van der Waals surface area contributed by atoms with Crippen LogP contribution in [0.4, 0.5) is 0 Å². The Balaban J connectivity index is 1.90. The van der Waals surface area contributed by atoms with Crippen LogP contribution in [0.5, 0.6) is 0 Å². The molecule has 0 radical (unpaired) electrons. The van der Waals surface area contributed by atoms with Crippen molar-refractivity contribution in [2.45, 2.75) is 25.4 Å². The maximum absolute atomic E-state index is 12.2. The molecule has 8 nitrogen and oxygen atoms in total. The number of nitrogens with one attached hydrogen (secondary N) is 1. The normalized spacial score (nSPS) is 18.9. The molecule has 23 heavy (non-hydrogen) atoms. The third-order valence-electron chi connectivity index (χ3n) is 3.74. The van der Waals surface area contributed by atoms with Crippen molar-refractivity contribution >= 4 is 17.8 Å². The molecule has 2 amide bonds. The summed E-state index contributed by atoms with van der Waals surface area (Å²) in [5, 5.41) is 11.6. The van der Waals surface area contributed by atoms with E-state index in [0.717, 1.165) is 0 Å². The molecule has 1 fully saturated rings. The molecular weight excluding hydrogens is 304 g/mol. The fourth-order valence-corrected chi connectivity index (χ4v) is 2.47. The van der Waals surface area contributed by atoms with Crippen molar-refractivity contribution in [3.63, 3.8) is 0 Å². The summed E-state index contributed by atoms with van der Waals surface area (Å²) in [5.74, 6) is -1.61. The van der Waals surface area contributed by atoms with E-state index in [4.69, 9.17) is 14.3 Å². The number of furan rings is 1. The zero-order chi connectivity index (χ0) is 16.8. The van der Waals surface area contributed by atoms with Crippen molar-refractivity contribution < 1.29 is 28.6 Å². The Morgan fingerprint density at radius 3 is 2.96 bits per heavy atom. The Hall–Kier alpha value is -2.35. The SMILES string of the molecule is COCCC(NC(=O)C1CC(=O)N(Cc2ccco2)C1)C(=O)O. The first-order valence-electron chi connectivity index (χ1n) is 7.33. The molecule has 1 aliphatic heterocycles. The minimum Gasteiger partial charge on any atom is -0.480 e. The third-order valence-corrected chi connectivity index (χ3v) is 3.74. The number of aliphatic carboxylic acids is 1. The predicted octanol–water partition coefficient (Wildman–Crippen LogP) is 0.234. The van der Waals surface area contributed by atoms with Crippen LogP contribution in [0.2, 0.25) is 0 Å². The van der Waals surface area contributed by atoms with E-state index in [1.165, 1.54) is 18.3 Å². The predicted molar refractivity (Wildman–Crippen MR) is 78.3 cm³/mol. The molecule has 1 aromatic rings. The Kier molecular flexibility index (Phi) is 5.75. The number of hydrogen-bond acceptors (Lipinski definition) is 5. The minimum atomic E-state index is -1.12. The van der Waals surface area contributed by atoms with Gasteiger partial charge in [-0.25, -0.2) is 4.79 Å². The Labute approximate surface area is 133 Å². The summed E-state index contributed by atoms with van der Waals surface area (Å²) in [6.45, 7) is 0.787. The van der Waals surface area contributed by atoms with Gasteiger partial charge in [0.2, 0.25) is 11.8 Å². The monoisotopic (exact) mass is 324 g/mol. The average molecular weight is 324 g/mol. The van der Waals surface area contributed by atoms with Crippen LogP contribution in [0.25, 0.3) is 0 Å². The standard InChI is InChI=1S/C15H20N2O6/c1-22-6-4-12(15(20)21)16-14(19)10-7-13(18)17(8-10)9-11-3-2-5-23-11/h2-3,5,10,12H,4,6-9H2,1H3,(H,16,19)(H,20,21). The van der Waals surface area contributed by atoms with Gasteiger partial charge in [-0.3, -0.25) is 9.59 Å². The Morgan fingerprint density at radius 1 is 1.57 bits per heavy atom. The van der Waals surface area contributed by atoms with Gasteiger partial charge in [0.15, 0.2) is 0 Å². The molecule has 0 saturated carbocycles. The summed E-state index contributed by atoms with van der Waals surface area (Å²) in [7, 11) is 1.46. The average Bonchev–Trinajstić information content (AvgIpc) is 3.14. The molecule has 1 saturated heterocycles. The molecule has 2 unspecified atom stereocenters. The molecule has 8 heteroatoms. The smallest absolute Gasteiger partial charge is 0.326 e. The molecule has 2 heterocycles. The van der Waals surface area contributed by atoms with Crippen LogP contribution in [-0.4, -0.2) is 54.1 Å². The second kappa shape index (κ2) is 7.77. The maximum Gasteiger partial charge on any atom is 0.326 e. The van der Waals surface area contributed by atoms with Crippen molar-refractivity contribution in [2.75, 3.05) is 20.3 Å². The van der Waals surface area contributed by atoms with Gasteiger partial charge in [-0.2, -0.15) is 0 Å². The summed E-state index contributed by atoms with van der Waals surface area (Å²) in [5.41, 5.74) is 0. The van der Waals surface area contributed by atoms with Gasteiger partial charge in [0.05, 0.1) is 18.7 Å². The number of carboxylic acids is 1.